The van der Waals surface area contributed by atoms with E-state index in [2.05, 4.69) is 10.2 Å². The third-order valence-electron chi connectivity index (χ3n) is 1.49. The monoisotopic (exact) mass is 166 g/mol. The van der Waals surface area contributed by atoms with Crippen molar-refractivity contribution >= 4 is 11.7 Å². The highest BCUT2D eigenvalue weighted by Crippen LogP contribution is 2.13. The number of nitrogens with one attached hydrogen (secondary N) is 1. The van der Waals surface area contributed by atoms with Crippen LogP contribution in [0.2, 0.25) is 0 Å². The molecule has 0 unspecified atom stereocenters. The maximum atomic E-state index is 11.1. The Labute approximate surface area is 70.3 Å². The number of ether oxygens (including phenoxy) is 1. The van der Waals surface area contributed by atoms with Crippen LogP contribution in [0.15, 0.2) is 24.3 Å². The Balaban J connectivity index is 3.04. The number of hydrogen-bond donors (Lipinski definition) is 2. The van der Waals surface area contributed by atoms with Crippen LogP contribution in [-0.4, -0.2) is 13.1 Å². The fourth-order valence-corrected chi connectivity index (χ4v) is 0.897. The second-order valence-electron chi connectivity index (χ2n) is 2.18. The molecule has 0 spiro atoms. The Bertz CT molecular complexity index is 286. The quantitative estimate of drug-likeness (QED) is 0.386. The topological polar surface area (TPSA) is 64.3 Å². The Morgan fingerprint density at radius 2 is 2.17 bits per heavy atom. The largest absolute Gasteiger partial charge is 0.465 e. The zero-order valence-electron chi connectivity index (χ0n) is 6.70. The van der Waals surface area contributed by atoms with Gasteiger partial charge >= 0.3 is 5.97 Å². The second kappa shape index (κ2) is 3.73. The first-order chi connectivity index (χ1) is 5.79. The number of hydrazine groups is 1. The van der Waals surface area contributed by atoms with E-state index in [4.69, 9.17) is 5.84 Å². The van der Waals surface area contributed by atoms with E-state index in [-0.39, 0.29) is 0 Å². The van der Waals surface area contributed by atoms with Crippen LogP contribution in [0.4, 0.5) is 5.69 Å². The first kappa shape index (κ1) is 8.55. The number of nitrogen functional groups attached to an aromatic ring is 1. The molecule has 0 aromatic heterocycles. The summed E-state index contributed by atoms with van der Waals surface area (Å²) in [6.07, 6.45) is 0. The van der Waals surface area contributed by atoms with E-state index < -0.39 is 5.97 Å². The third-order valence-corrected chi connectivity index (χ3v) is 1.49. The van der Waals surface area contributed by atoms with Gasteiger partial charge in [0.1, 0.15) is 0 Å². The number of rotatable bonds is 2. The van der Waals surface area contributed by atoms with Crippen LogP contribution < -0.4 is 11.3 Å². The number of nitrogens with two attached hydrogens (primary N) is 1. The Morgan fingerprint density at radius 3 is 2.75 bits per heavy atom. The van der Waals surface area contributed by atoms with Gasteiger partial charge in [0.15, 0.2) is 0 Å². The van der Waals surface area contributed by atoms with Crippen molar-refractivity contribution in [3.8, 4) is 0 Å². The molecule has 3 N–H and O–H groups in total. The minimum absolute atomic E-state index is 0.399. The first-order valence-electron chi connectivity index (χ1n) is 3.43. The molecule has 0 aliphatic rings. The Morgan fingerprint density at radius 1 is 1.50 bits per heavy atom. The van der Waals surface area contributed by atoms with E-state index in [1.807, 2.05) is 0 Å². The summed E-state index contributed by atoms with van der Waals surface area (Å²) < 4.78 is 4.54. The number of methoxy groups -OCH3 is 1. The highest BCUT2D eigenvalue weighted by molar-refractivity contribution is 5.95. The Hall–Kier alpha value is -1.55. The van der Waals surface area contributed by atoms with Gasteiger partial charge in [0.2, 0.25) is 0 Å². The number of para-hydroxylation sites is 1. The summed E-state index contributed by atoms with van der Waals surface area (Å²) in [5, 5.41) is 0. The van der Waals surface area contributed by atoms with Crippen molar-refractivity contribution in [1.29, 1.82) is 0 Å². The van der Waals surface area contributed by atoms with E-state index >= 15 is 0 Å². The first-order valence-corrected chi connectivity index (χ1v) is 3.43. The number of anilines is 1. The fraction of sp³-hybridized carbons (Fsp3) is 0.125. The van der Waals surface area contributed by atoms with Crippen molar-refractivity contribution in [2.45, 2.75) is 0 Å². The molecule has 1 aromatic carbocycles. The van der Waals surface area contributed by atoms with E-state index in [9.17, 15) is 4.79 Å². The summed E-state index contributed by atoms with van der Waals surface area (Å²) in [7, 11) is 1.33. The van der Waals surface area contributed by atoms with Crippen LogP contribution in [0.25, 0.3) is 0 Å². The molecule has 0 amide bonds. The molecule has 0 bridgehead atoms. The maximum Gasteiger partial charge on any atom is 0.340 e. The van der Waals surface area contributed by atoms with Crippen LogP contribution in [0.1, 0.15) is 10.4 Å². The van der Waals surface area contributed by atoms with Gasteiger partial charge in [-0.05, 0) is 12.1 Å². The van der Waals surface area contributed by atoms with Gasteiger partial charge < -0.3 is 10.2 Å². The predicted octanol–water partition coefficient (Wildman–Crippen LogP) is 0.759. The van der Waals surface area contributed by atoms with Gasteiger partial charge in [0.05, 0.1) is 18.4 Å². The zero-order chi connectivity index (χ0) is 8.97. The lowest BCUT2D eigenvalue weighted by molar-refractivity contribution is 0.0602. The highest BCUT2D eigenvalue weighted by Gasteiger charge is 2.08. The summed E-state index contributed by atoms with van der Waals surface area (Å²) in [6.45, 7) is 0. The van der Waals surface area contributed by atoms with Gasteiger partial charge in [-0.1, -0.05) is 12.1 Å². The molecule has 1 aromatic rings. The molecule has 0 aliphatic heterocycles. The van der Waals surface area contributed by atoms with Crippen LogP contribution in [0.3, 0.4) is 0 Å². The lowest BCUT2D eigenvalue weighted by Gasteiger charge is -2.05. The lowest BCUT2D eigenvalue weighted by Crippen LogP contribution is -2.12. The molecule has 0 saturated heterocycles. The van der Waals surface area contributed by atoms with Crippen LogP contribution in [0, 0.1) is 0 Å². The van der Waals surface area contributed by atoms with Crippen LogP contribution in [-0.2, 0) is 4.74 Å². The van der Waals surface area contributed by atoms with Gasteiger partial charge in [0, 0.05) is 0 Å². The van der Waals surface area contributed by atoms with Crippen LogP contribution in [0.5, 0.6) is 0 Å². The van der Waals surface area contributed by atoms with Gasteiger partial charge in [-0.3, -0.25) is 5.84 Å². The van der Waals surface area contributed by atoms with Crippen molar-refractivity contribution in [3.63, 3.8) is 0 Å². The summed E-state index contributed by atoms with van der Waals surface area (Å²) in [5.74, 6) is 4.79. The Kier molecular flexibility index (Phi) is 2.66. The zero-order valence-corrected chi connectivity index (χ0v) is 6.70. The molecule has 0 atom stereocenters. The van der Waals surface area contributed by atoms with Crippen molar-refractivity contribution in [1.82, 2.24) is 0 Å². The maximum absolute atomic E-state index is 11.1. The molecular formula is C8H10N2O2. The normalized spacial score (nSPS) is 9.17. The fourth-order valence-electron chi connectivity index (χ4n) is 0.897. The average molecular weight is 166 g/mol. The van der Waals surface area contributed by atoms with E-state index in [0.717, 1.165) is 0 Å². The number of carbonyl (C=O) groups is 1. The van der Waals surface area contributed by atoms with E-state index in [1.54, 1.807) is 24.3 Å². The predicted molar refractivity (Wildman–Crippen MR) is 45.6 cm³/mol. The minimum atomic E-state index is -0.399. The van der Waals surface area contributed by atoms with E-state index in [1.165, 1.54) is 7.11 Å². The minimum Gasteiger partial charge on any atom is -0.465 e. The number of esters is 1. The highest BCUT2D eigenvalue weighted by atomic mass is 16.5. The second-order valence-corrected chi connectivity index (χ2v) is 2.18. The van der Waals surface area contributed by atoms with E-state index in [0.29, 0.717) is 11.3 Å². The molecule has 0 fully saturated rings. The standard InChI is InChI=1S/C8H10N2O2/c1-12-8(11)6-4-2-3-5-7(6)10-9/h2-5,10H,9H2,1H3. The molecule has 0 aliphatic carbocycles. The van der Waals surface area contributed by atoms with Gasteiger partial charge in [0.25, 0.3) is 0 Å². The smallest absolute Gasteiger partial charge is 0.340 e. The summed E-state index contributed by atoms with van der Waals surface area (Å²) in [4.78, 5) is 11.1. The third kappa shape index (κ3) is 1.54. The number of benzene rings is 1. The molecule has 0 radical (unpaired) electrons. The molecule has 4 heteroatoms. The molecule has 12 heavy (non-hydrogen) atoms. The van der Waals surface area contributed by atoms with Gasteiger partial charge in [-0.2, -0.15) is 0 Å². The SMILES string of the molecule is COC(=O)c1ccccc1NN. The van der Waals surface area contributed by atoms with Crippen molar-refractivity contribution in [2.75, 3.05) is 12.5 Å². The van der Waals surface area contributed by atoms with Crippen molar-refractivity contribution in [3.05, 3.63) is 29.8 Å². The van der Waals surface area contributed by atoms with Gasteiger partial charge in [-0.15, -0.1) is 0 Å². The number of carbonyl (C=O) groups excluding carboxylic acids is 1. The number of hydrogen-bond acceptors (Lipinski definition) is 4. The molecule has 0 saturated carbocycles. The summed E-state index contributed by atoms with van der Waals surface area (Å²) in [6, 6.07) is 6.86. The van der Waals surface area contributed by atoms with Crippen molar-refractivity contribution < 1.29 is 9.53 Å². The summed E-state index contributed by atoms with van der Waals surface area (Å²) >= 11 is 0. The molecule has 64 valence electrons. The van der Waals surface area contributed by atoms with Crippen LogP contribution >= 0.6 is 0 Å². The molecule has 0 heterocycles. The molecule has 1 rings (SSSR count). The molecular weight excluding hydrogens is 156 g/mol. The molecule has 4 nitrogen and oxygen atoms in total. The average Bonchev–Trinajstić information content (AvgIpc) is 2.16. The van der Waals surface area contributed by atoms with Gasteiger partial charge in [-0.25, -0.2) is 4.79 Å². The summed E-state index contributed by atoms with van der Waals surface area (Å²) in [5.41, 5.74) is 3.40. The lowest BCUT2D eigenvalue weighted by atomic mass is 10.2. The van der Waals surface area contributed by atoms with Crippen molar-refractivity contribution in [2.24, 2.45) is 5.84 Å².